The van der Waals surface area contributed by atoms with Crippen LogP contribution in [0.25, 0.3) is 5.69 Å². The molecule has 0 spiro atoms. The summed E-state index contributed by atoms with van der Waals surface area (Å²) in [6.07, 6.45) is 1.70. The van der Waals surface area contributed by atoms with Crippen molar-refractivity contribution in [2.75, 3.05) is 14.2 Å². The first kappa shape index (κ1) is 17.8. The van der Waals surface area contributed by atoms with Crippen molar-refractivity contribution < 1.29 is 14.3 Å². The van der Waals surface area contributed by atoms with E-state index in [9.17, 15) is 4.79 Å². The fourth-order valence-corrected chi connectivity index (χ4v) is 2.68. The SMILES string of the molecule is COc1cc(CNC(=O)c2ccn(-c3ccccc3Cl)n2)cc(OC)c1. The van der Waals surface area contributed by atoms with Gasteiger partial charge in [-0.25, -0.2) is 4.68 Å². The number of halogens is 1. The zero-order chi connectivity index (χ0) is 18.5. The molecule has 0 atom stereocenters. The summed E-state index contributed by atoms with van der Waals surface area (Å²) in [7, 11) is 3.16. The normalized spacial score (nSPS) is 10.4. The third kappa shape index (κ3) is 3.97. The molecule has 1 aromatic heterocycles. The van der Waals surface area contributed by atoms with Crippen molar-refractivity contribution in [3.05, 3.63) is 71.0 Å². The number of rotatable bonds is 6. The summed E-state index contributed by atoms with van der Waals surface area (Å²) in [5.74, 6) is 1.05. The van der Waals surface area contributed by atoms with Crippen LogP contribution in [0.5, 0.6) is 11.5 Å². The van der Waals surface area contributed by atoms with E-state index in [0.717, 1.165) is 5.56 Å². The number of benzene rings is 2. The van der Waals surface area contributed by atoms with Crippen LogP contribution in [-0.2, 0) is 6.54 Å². The second-order valence-corrected chi connectivity index (χ2v) is 5.91. The minimum atomic E-state index is -0.280. The maximum atomic E-state index is 12.4. The van der Waals surface area contributed by atoms with E-state index < -0.39 is 0 Å². The number of methoxy groups -OCH3 is 2. The van der Waals surface area contributed by atoms with Gasteiger partial charge in [-0.2, -0.15) is 5.10 Å². The molecular weight excluding hydrogens is 354 g/mol. The molecule has 1 amide bonds. The maximum absolute atomic E-state index is 12.4. The highest BCUT2D eigenvalue weighted by Crippen LogP contribution is 2.22. The fourth-order valence-electron chi connectivity index (χ4n) is 2.46. The third-order valence-electron chi connectivity index (χ3n) is 3.79. The van der Waals surface area contributed by atoms with Crippen LogP contribution in [0.1, 0.15) is 16.1 Å². The maximum Gasteiger partial charge on any atom is 0.272 e. The Kier molecular flexibility index (Phi) is 5.43. The van der Waals surface area contributed by atoms with Crippen molar-refractivity contribution in [3.8, 4) is 17.2 Å². The van der Waals surface area contributed by atoms with E-state index >= 15 is 0 Å². The van der Waals surface area contributed by atoms with Crippen LogP contribution in [0.3, 0.4) is 0 Å². The largest absolute Gasteiger partial charge is 0.497 e. The average molecular weight is 372 g/mol. The van der Waals surface area contributed by atoms with Gasteiger partial charge < -0.3 is 14.8 Å². The molecule has 7 heteroatoms. The van der Waals surface area contributed by atoms with Gasteiger partial charge in [0.1, 0.15) is 11.5 Å². The highest BCUT2D eigenvalue weighted by atomic mass is 35.5. The zero-order valence-electron chi connectivity index (χ0n) is 14.4. The van der Waals surface area contributed by atoms with Gasteiger partial charge >= 0.3 is 0 Å². The minimum absolute atomic E-state index is 0.280. The van der Waals surface area contributed by atoms with Crippen LogP contribution < -0.4 is 14.8 Å². The molecule has 26 heavy (non-hydrogen) atoms. The second kappa shape index (κ2) is 7.93. The van der Waals surface area contributed by atoms with Crippen LogP contribution in [0.2, 0.25) is 5.02 Å². The molecule has 1 N–H and O–H groups in total. The molecular formula is C19H18ClN3O3. The van der Waals surface area contributed by atoms with Gasteiger partial charge in [0, 0.05) is 18.8 Å². The predicted octanol–water partition coefficient (Wildman–Crippen LogP) is 3.47. The molecule has 0 saturated carbocycles. The first-order valence-corrected chi connectivity index (χ1v) is 8.29. The summed E-state index contributed by atoms with van der Waals surface area (Å²) in [6, 6.07) is 14.4. The summed E-state index contributed by atoms with van der Waals surface area (Å²) in [5.41, 5.74) is 1.88. The van der Waals surface area contributed by atoms with Crippen LogP contribution in [0.4, 0.5) is 0 Å². The number of para-hydroxylation sites is 1. The third-order valence-corrected chi connectivity index (χ3v) is 4.10. The van der Waals surface area contributed by atoms with Gasteiger partial charge in [0.25, 0.3) is 5.91 Å². The Morgan fingerprint density at radius 1 is 1.12 bits per heavy atom. The van der Waals surface area contributed by atoms with Crippen LogP contribution in [-0.4, -0.2) is 29.9 Å². The molecule has 0 bridgehead atoms. The molecule has 134 valence electrons. The van der Waals surface area contributed by atoms with Gasteiger partial charge in [-0.05, 0) is 35.9 Å². The van der Waals surface area contributed by atoms with E-state index in [1.807, 2.05) is 30.3 Å². The quantitative estimate of drug-likeness (QED) is 0.720. The molecule has 0 aliphatic heterocycles. The Labute approximate surface area is 156 Å². The van der Waals surface area contributed by atoms with Crippen molar-refractivity contribution in [2.45, 2.75) is 6.54 Å². The molecule has 0 unspecified atom stereocenters. The smallest absolute Gasteiger partial charge is 0.272 e. The number of aromatic nitrogens is 2. The standard InChI is InChI=1S/C19H18ClN3O3/c1-25-14-9-13(10-15(11-14)26-2)12-21-19(24)17-7-8-23(22-17)18-6-4-3-5-16(18)20/h3-11H,12H2,1-2H3,(H,21,24). The van der Waals surface area contributed by atoms with Crippen LogP contribution >= 0.6 is 11.6 Å². The summed E-state index contributed by atoms with van der Waals surface area (Å²) >= 11 is 6.16. The van der Waals surface area contributed by atoms with Gasteiger partial charge in [-0.15, -0.1) is 0 Å². The number of nitrogens with one attached hydrogen (secondary N) is 1. The van der Waals surface area contributed by atoms with Crippen molar-refractivity contribution in [1.82, 2.24) is 15.1 Å². The van der Waals surface area contributed by atoms with E-state index in [-0.39, 0.29) is 5.91 Å². The number of hydrogen-bond acceptors (Lipinski definition) is 4. The van der Waals surface area contributed by atoms with E-state index in [1.165, 1.54) is 0 Å². The first-order chi connectivity index (χ1) is 12.6. The van der Waals surface area contributed by atoms with Crippen molar-refractivity contribution >= 4 is 17.5 Å². The van der Waals surface area contributed by atoms with E-state index in [0.29, 0.717) is 34.4 Å². The molecule has 0 aliphatic rings. The molecule has 0 aliphatic carbocycles. The van der Waals surface area contributed by atoms with E-state index in [4.69, 9.17) is 21.1 Å². The highest BCUT2D eigenvalue weighted by Gasteiger charge is 2.12. The molecule has 3 rings (SSSR count). The predicted molar refractivity (Wildman–Crippen MR) is 99.3 cm³/mol. The summed E-state index contributed by atoms with van der Waals surface area (Å²) < 4.78 is 12.0. The molecule has 0 fully saturated rings. The molecule has 3 aromatic rings. The molecule has 0 saturated heterocycles. The minimum Gasteiger partial charge on any atom is -0.497 e. The van der Waals surface area contributed by atoms with Gasteiger partial charge in [0.05, 0.1) is 24.9 Å². The molecule has 2 aromatic carbocycles. The summed E-state index contributed by atoms with van der Waals surface area (Å²) in [4.78, 5) is 12.4. The number of nitrogens with zero attached hydrogens (tertiary/aromatic N) is 2. The Bertz CT molecular complexity index is 902. The lowest BCUT2D eigenvalue weighted by atomic mass is 10.2. The summed E-state index contributed by atoms with van der Waals surface area (Å²) in [6.45, 7) is 0.325. The lowest BCUT2D eigenvalue weighted by molar-refractivity contribution is 0.0945. The molecule has 1 heterocycles. The van der Waals surface area contributed by atoms with Crippen LogP contribution in [0, 0.1) is 0 Å². The van der Waals surface area contributed by atoms with Gasteiger partial charge in [0.2, 0.25) is 0 Å². The Morgan fingerprint density at radius 2 is 1.81 bits per heavy atom. The van der Waals surface area contributed by atoms with Gasteiger partial charge in [-0.3, -0.25) is 4.79 Å². The monoisotopic (exact) mass is 371 g/mol. The highest BCUT2D eigenvalue weighted by molar-refractivity contribution is 6.32. The van der Waals surface area contributed by atoms with Gasteiger partial charge in [0.15, 0.2) is 5.69 Å². The van der Waals surface area contributed by atoms with Crippen LogP contribution in [0.15, 0.2) is 54.7 Å². The Morgan fingerprint density at radius 3 is 2.46 bits per heavy atom. The average Bonchev–Trinajstić information content (AvgIpc) is 3.16. The number of hydrogen-bond donors (Lipinski definition) is 1. The van der Waals surface area contributed by atoms with Crippen molar-refractivity contribution in [2.24, 2.45) is 0 Å². The topological polar surface area (TPSA) is 65.4 Å². The molecule has 0 radical (unpaired) electrons. The van der Waals surface area contributed by atoms with Crippen molar-refractivity contribution in [1.29, 1.82) is 0 Å². The number of ether oxygens (including phenoxy) is 2. The number of carbonyl (C=O) groups excluding carboxylic acids is 1. The summed E-state index contributed by atoms with van der Waals surface area (Å²) in [5, 5.41) is 7.69. The first-order valence-electron chi connectivity index (χ1n) is 7.91. The van der Waals surface area contributed by atoms with E-state index in [1.54, 1.807) is 43.3 Å². The number of carbonyl (C=O) groups is 1. The lowest BCUT2D eigenvalue weighted by Gasteiger charge is -2.09. The Balaban J connectivity index is 1.71. The molecule has 6 nitrogen and oxygen atoms in total. The van der Waals surface area contributed by atoms with Crippen molar-refractivity contribution in [3.63, 3.8) is 0 Å². The lowest BCUT2D eigenvalue weighted by Crippen LogP contribution is -2.23. The Hall–Kier alpha value is -2.99. The van der Waals surface area contributed by atoms with E-state index in [2.05, 4.69) is 10.4 Å². The second-order valence-electron chi connectivity index (χ2n) is 5.50. The van der Waals surface area contributed by atoms with Gasteiger partial charge in [-0.1, -0.05) is 23.7 Å². The zero-order valence-corrected chi connectivity index (χ0v) is 15.2. The fraction of sp³-hybridized carbons (Fsp3) is 0.158. The number of amides is 1.